The van der Waals surface area contributed by atoms with E-state index in [9.17, 15) is 4.79 Å². The van der Waals surface area contributed by atoms with Gasteiger partial charge < -0.3 is 20.3 Å². The summed E-state index contributed by atoms with van der Waals surface area (Å²) in [5.74, 6) is 0.958. The summed E-state index contributed by atoms with van der Waals surface area (Å²) < 4.78 is 5.81. The van der Waals surface area contributed by atoms with Crippen molar-refractivity contribution in [2.45, 2.75) is 38.1 Å². The molecule has 0 saturated carbocycles. The molecule has 2 N–H and O–H groups in total. The zero-order chi connectivity index (χ0) is 16.1. The second kappa shape index (κ2) is 7.21. The van der Waals surface area contributed by atoms with Gasteiger partial charge >= 0.3 is 6.03 Å². The van der Waals surface area contributed by atoms with Crippen LogP contribution in [-0.4, -0.2) is 49.3 Å². The van der Waals surface area contributed by atoms with E-state index in [1.165, 1.54) is 5.56 Å². The number of para-hydroxylation sites is 1. The van der Waals surface area contributed by atoms with Crippen molar-refractivity contribution in [3.8, 4) is 5.75 Å². The maximum Gasteiger partial charge on any atom is 0.317 e. The summed E-state index contributed by atoms with van der Waals surface area (Å²) >= 11 is 0. The zero-order valence-electron chi connectivity index (χ0n) is 13.9. The van der Waals surface area contributed by atoms with E-state index in [4.69, 9.17) is 4.74 Å². The third-order valence-electron chi connectivity index (χ3n) is 4.89. The summed E-state index contributed by atoms with van der Waals surface area (Å²) in [5, 5.41) is 6.57. The topological polar surface area (TPSA) is 53.6 Å². The van der Waals surface area contributed by atoms with Crippen molar-refractivity contribution >= 4 is 6.03 Å². The zero-order valence-corrected chi connectivity index (χ0v) is 13.9. The number of nitrogens with zero attached hydrogens (tertiary/aromatic N) is 1. The van der Waals surface area contributed by atoms with Gasteiger partial charge in [-0.1, -0.05) is 18.2 Å². The van der Waals surface area contributed by atoms with Gasteiger partial charge in [-0.05, 0) is 57.3 Å². The Labute approximate surface area is 138 Å². The molecule has 2 amide bonds. The van der Waals surface area contributed by atoms with Crippen LogP contribution in [0.1, 0.15) is 31.2 Å². The molecule has 5 nitrogen and oxygen atoms in total. The maximum absolute atomic E-state index is 12.1. The summed E-state index contributed by atoms with van der Waals surface area (Å²) in [6, 6.07) is 8.18. The van der Waals surface area contributed by atoms with E-state index in [-0.39, 0.29) is 11.6 Å². The van der Waals surface area contributed by atoms with Crippen molar-refractivity contribution in [3.63, 3.8) is 0 Å². The van der Waals surface area contributed by atoms with Gasteiger partial charge in [0.05, 0.1) is 12.1 Å². The summed E-state index contributed by atoms with van der Waals surface area (Å²) in [7, 11) is 0. The molecule has 2 fully saturated rings. The fourth-order valence-electron chi connectivity index (χ4n) is 3.46. The van der Waals surface area contributed by atoms with E-state index < -0.39 is 0 Å². The van der Waals surface area contributed by atoms with Gasteiger partial charge in [0.1, 0.15) is 5.75 Å². The second-order valence-electron chi connectivity index (χ2n) is 6.70. The number of piperidine rings is 1. The highest BCUT2D eigenvalue weighted by atomic mass is 16.5. The van der Waals surface area contributed by atoms with Crippen molar-refractivity contribution in [3.05, 3.63) is 29.8 Å². The lowest BCUT2D eigenvalue weighted by atomic mass is 9.89. The number of rotatable bonds is 6. The Kier molecular flexibility index (Phi) is 5.06. The number of urea groups is 1. The Hall–Kier alpha value is -1.75. The smallest absolute Gasteiger partial charge is 0.317 e. The predicted octanol–water partition coefficient (Wildman–Crippen LogP) is 2.30. The highest BCUT2D eigenvalue weighted by Gasteiger charge is 2.42. The molecule has 5 heteroatoms. The van der Waals surface area contributed by atoms with Gasteiger partial charge in [0.25, 0.3) is 0 Å². The molecule has 0 atom stereocenters. The van der Waals surface area contributed by atoms with Crippen LogP contribution in [-0.2, 0) is 0 Å². The van der Waals surface area contributed by atoms with Crippen LogP contribution in [0.25, 0.3) is 0 Å². The molecule has 1 aromatic carbocycles. The molecule has 126 valence electrons. The SMILES string of the molecule is Cc1ccccc1OCCCCN1CC2(CCNCC2)NC1=O. The van der Waals surface area contributed by atoms with Crippen molar-refractivity contribution in [1.29, 1.82) is 0 Å². The number of carbonyl (C=O) groups excluding carboxylic acids is 1. The van der Waals surface area contributed by atoms with Crippen LogP contribution < -0.4 is 15.4 Å². The number of carbonyl (C=O) groups is 1. The molecule has 2 aliphatic heterocycles. The minimum atomic E-state index is 0.0139. The van der Waals surface area contributed by atoms with Crippen LogP contribution in [0.3, 0.4) is 0 Å². The molecule has 23 heavy (non-hydrogen) atoms. The van der Waals surface area contributed by atoms with E-state index in [0.29, 0.717) is 6.61 Å². The molecular formula is C18H27N3O2. The van der Waals surface area contributed by atoms with E-state index in [1.54, 1.807) is 0 Å². The molecule has 1 spiro atoms. The number of hydrogen-bond donors (Lipinski definition) is 2. The van der Waals surface area contributed by atoms with Crippen LogP contribution >= 0.6 is 0 Å². The van der Waals surface area contributed by atoms with E-state index in [0.717, 1.165) is 57.6 Å². The Balaban J connectivity index is 1.38. The number of hydrogen-bond acceptors (Lipinski definition) is 3. The van der Waals surface area contributed by atoms with Gasteiger partial charge in [0.2, 0.25) is 0 Å². The molecule has 0 bridgehead atoms. The molecule has 2 aliphatic rings. The highest BCUT2D eigenvalue weighted by Crippen LogP contribution is 2.25. The van der Waals surface area contributed by atoms with Crippen LogP contribution in [0.4, 0.5) is 4.79 Å². The Bertz CT molecular complexity index is 541. The van der Waals surface area contributed by atoms with Gasteiger partial charge in [0.15, 0.2) is 0 Å². The van der Waals surface area contributed by atoms with Crippen molar-refractivity contribution in [1.82, 2.24) is 15.5 Å². The fourth-order valence-corrected chi connectivity index (χ4v) is 3.46. The minimum Gasteiger partial charge on any atom is -0.493 e. The highest BCUT2D eigenvalue weighted by molar-refractivity contribution is 5.78. The Morgan fingerprint density at radius 1 is 1.22 bits per heavy atom. The second-order valence-corrected chi connectivity index (χ2v) is 6.70. The molecule has 0 radical (unpaired) electrons. The molecular weight excluding hydrogens is 290 g/mol. The Morgan fingerprint density at radius 3 is 2.78 bits per heavy atom. The summed E-state index contributed by atoms with van der Waals surface area (Å²) in [6.07, 6.45) is 4.01. The van der Waals surface area contributed by atoms with Gasteiger partial charge in [-0.15, -0.1) is 0 Å². The molecule has 1 aromatic rings. The third-order valence-corrected chi connectivity index (χ3v) is 4.89. The first-order valence-electron chi connectivity index (χ1n) is 8.65. The van der Waals surface area contributed by atoms with Crippen molar-refractivity contribution in [2.75, 3.05) is 32.8 Å². The van der Waals surface area contributed by atoms with Crippen LogP contribution in [0, 0.1) is 6.92 Å². The largest absolute Gasteiger partial charge is 0.493 e. The third kappa shape index (κ3) is 3.96. The van der Waals surface area contributed by atoms with Crippen molar-refractivity contribution in [2.24, 2.45) is 0 Å². The molecule has 2 heterocycles. The van der Waals surface area contributed by atoms with E-state index in [1.807, 2.05) is 23.1 Å². The normalized spacial score (nSPS) is 19.9. The van der Waals surface area contributed by atoms with Gasteiger partial charge in [-0.25, -0.2) is 4.79 Å². The van der Waals surface area contributed by atoms with Gasteiger partial charge in [-0.2, -0.15) is 0 Å². The number of nitrogens with one attached hydrogen (secondary N) is 2. The number of aryl methyl sites for hydroxylation is 1. The molecule has 3 rings (SSSR count). The minimum absolute atomic E-state index is 0.0139. The first kappa shape index (κ1) is 16.1. The number of benzene rings is 1. The summed E-state index contributed by atoms with van der Waals surface area (Å²) in [6.45, 7) is 6.43. The standard InChI is InChI=1S/C18H27N3O2/c1-15-6-2-3-7-16(15)23-13-5-4-12-21-14-18(20-17(21)22)8-10-19-11-9-18/h2-3,6-7,19H,4-5,8-14H2,1H3,(H,20,22). The first-order valence-corrected chi connectivity index (χ1v) is 8.65. The number of amides is 2. The first-order chi connectivity index (χ1) is 11.2. The van der Waals surface area contributed by atoms with Gasteiger partial charge in [0, 0.05) is 13.1 Å². The van der Waals surface area contributed by atoms with E-state index >= 15 is 0 Å². The average molecular weight is 317 g/mol. The lowest BCUT2D eigenvalue weighted by molar-refractivity contribution is 0.213. The molecule has 2 saturated heterocycles. The Morgan fingerprint density at radius 2 is 2.00 bits per heavy atom. The molecule has 0 unspecified atom stereocenters. The lowest BCUT2D eigenvalue weighted by Crippen LogP contribution is -2.51. The summed E-state index contributed by atoms with van der Waals surface area (Å²) in [4.78, 5) is 14.1. The van der Waals surface area contributed by atoms with Crippen molar-refractivity contribution < 1.29 is 9.53 Å². The monoisotopic (exact) mass is 317 g/mol. The number of ether oxygens (including phenoxy) is 1. The van der Waals surface area contributed by atoms with Gasteiger partial charge in [-0.3, -0.25) is 0 Å². The summed E-state index contributed by atoms with van der Waals surface area (Å²) in [5.41, 5.74) is 1.18. The number of unbranched alkanes of at least 4 members (excludes halogenated alkanes) is 1. The quantitative estimate of drug-likeness (QED) is 0.792. The molecule has 0 aliphatic carbocycles. The van der Waals surface area contributed by atoms with Crippen LogP contribution in [0.5, 0.6) is 5.75 Å². The van der Waals surface area contributed by atoms with Crippen LogP contribution in [0.15, 0.2) is 24.3 Å². The molecule has 0 aromatic heterocycles. The average Bonchev–Trinajstić information content (AvgIpc) is 2.85. The van der Waals surface area contributed by atoms with E-state index in [2.05, 4.69) is 23.6 Å². The lowest BCUT2D eigenvalue weighted by Gasteiger charge is -2.33. The fraction of sp³-hybridized carbons (Fsp3) is 0.611. The maximum atomic E-state index is 12.1. The predicted molar refractivity (Wildman–Crippen MR) is 90.8 cm³/mol. The van der Waals surface area contributed by atoms with Crippen LogP contribution in [0.2, 0.25) is 0 Å².